The van der Waals surface area contributed by atoms with Crippen LogP contribution in [0.5, 0.6) is 0 Å². The maximum atomic E-state index is 12.8. The lowest BCUT2D eigenvalue weighted by atomic mass is 9.47. The van der Waals surface area contributed by atoms with Crippen molar-refractivity contribution in [1.29, 1.82) is 0 Å². The van der Waals surface area contributed by atoms with E-state index in [9.17, 15) is 14.3 Å². The van der Waals surface area contributed by atoms with E-state index in [4.69, 9.17) is 13.8 Å². The van der Waals surface area contributed by atoms with Gasteiger partial charge in [0.1, 0.15) is 19.3 Å². The third-order valence-corrected chi connectivity index (χ3v) is 14.4. The molecule has 3 fully saturated rings. The Morgan fingerprint density at radius 3 is 2.42 bits per heavy atom. The second-order valence-electron chi connectivity index (χ2n) is 17.9. The molecule has 0 aromatic rings. The predicted molar refractivity (Wildman–Crippen MR) is 195 cm³/mol. The van der Waals surface area contributed by atoms with Crippen LogP contribution in [-0.4, -0.2) is 62.4 Å². The molecule has 7 nitrogen and oxygen atoms in total. The second kappa shape index (κ2) is 16.6. The molecule has 8 heteroatoms. The number of rotatable bonds is 17. The number of hydrogen-bond acceptors (Lipinski definition) is 5. The topological polar surface area (TPSA) is 82.1 Å². The quantitative estimate of drug-likeness (QED) is 0.0538. The first kappa shape index (κ1) is 39.8. The summed E-state index contributed by atoms with van der Waals surface area (Å²) in [6, 6.07) is 0. The zero-order valence-corrected chi connectivity index (χ0v) is 32.9. The SMILES string of the molecule is CC[C@H](C=C[C@@H](C)[C@H]1CCC2C3CC=C4C[C@@H](OC(=O)CCCCCOP(=O)(O)OCC[N+](C)(C)C)CC[C@]4(C)C3CC[C@@]21C)C(C)C. The molecule has 4 aliphatic carbocycles. The number of fused-ring (bicyclic) bond motifs is 5. The maximum absolute atomic E-state index is 12.8. The highest BCUT2D eigenvalue weighted by molar-refractivity contribution is 7.47. The summed E-state index contributed by atoms with van der Waals surface area (Å²) in [5.74, 6) is 5.07. The van der Waals surface area contributed by atoms with Crippen molar-refractivity contribution < 1.29 is 32.5 Å². The number of carbonyl (C=O) groups excluding carboxylic acids is 1. The molecule has 0 saturated heterocycles. The van der Waals surface area contributed by atoms with Gasteiger partial charge in [0.2, 0.25) is 0 Å². The van der Waals surface area contributed by atoms with E-state index in [-0.39, 0.29) is 30.7 Å². The van der Waals surface area contributed by atoms with Gasteiger partial charge >= 0.3 is 13.8 Å². The fourth-order valence-corrected chi connectivity index (χ4v) is 11.1. The maximum Gasteiger partial charge on any atom is 0.472 e. The number of ether oxygens (including phenoxy) is 1. The lowest BCUT2D eigenvalue weighted by Crippen LogP contribution is -2.51. The van der Waals surface area contributed by atoms with Gasteiger partial charge in [-0.25, -0.2) is 4.57 Å². The molecule has 0 radical (unpaired) electrons. The Morgan fingerprint density at radius 2 is 1.73 bits per heavy atom. The molecule has 4 rings (SSSR count). The molecule has 3 saturated carbocycles. The zero-order valence-electron chi connectivity index (χ0n) is 32.0. The monoisotopic (exact) mass is 693 g/mol. The number of quaternary nitrogens is 1. The van der Waals surface area contributed by atoms with E-state index in [0.717, 1.165) is 49.4 Å². The minimum atomic E-state index is -4.03. The number of phosphoric ester groups is 1. The second-order valence-corrected chi connectivity index (χ2v) is 19.3. The molecular formula is C40H71NO6P+. The molecule has 0 spiro atoms. The summed E-state index contributed by atoms with van der Waals surface area (Å²) < 4.78 is 28.9. The molecule has 48 heavy (non-hydrogen) atoms. The number of carbonyl (C=O) groups is 1. The molecule has 0 aromatic carbocycles. The van der Waals surface area contributed by atoms with Crippen LogP contribution in [0.3, 0.4) is 0 Å². The molecule has 0 aromatic heterocycles. The summed E-state index contributed by atoms with van der Waals surface area (Å²) in [5.41, 5.74) is 2.24. The van der Waals surface area contributed by atoms with Crippen molar-refractivity contribution in [1.82, 2.24) is 0 Å². The first-order valence-corrected chi connectivity index (χ1v) is 21.0. The van der Waals surface area contributed by atoms with Crippen molar-refractivity contribution in [2.75, 3.05) is 40.9 Å². The van der Waals surface area contributed by atoms with Crippen molar-refractivity contribution in [3.8, 4) is 0 Å². The Balaban J connectivity index is 1.22. The van der Waals surface area contributed by atoms with E-state index >= 15 is 0 Å². The Kier molecular flexibility index (Phi) is 13.7. The molecule has 4 unspecified atom stereocenters. The van der Waals surface area contributed by atoms with E-state index in [0.29, 0.717) is 53.5 Å². The van der Waals surface area contributed by atoms with E-state index in [1.807, 2.05) is 21.1 Å². The fourth-order valence-electron chi connectivity index (χ4n) is 10.4. The molecule has 0 bridgehead atoms. The van der Waals surface area contributed by atoms with Gasteiger partial charge in [-0.05, 0) is 116 Å². The number of likely N-dealkylation sites (N-methyl/N-ethyl adjacent to an activating group) is 1. The van der Waals surface area contributed by atoms with Crippen LogP contribution in [0.15, 0.2) is 23.8 Å². The third-order valence-electron chi connectivity index (χ3n) is 13.4. The molecule has 0 amide bonds. The lowest BCUT2D eigenvalue weighted by molar-refractivity contribution is -0.870. The standard InChI is InChI=1S/C40H70NO6P/c1-10-31(29(2)3)16-15-30(4)35-19-20-36-34-18-17-32-28-33(21-23-39(32,5)37(34)22-24-40(35,36)6)47-38(42)14-12-11-13-26-45-48(43,44)46-27-25-41(7,8)9/h15-17,29-31,33-37H,10-14,18-28H2,1-9H3/p+1/t30-,31-,33+,34?,35-,36?,37?,39+,40-/m1/s1. The van der Waals surface area contributed by atoms with Crippen molar-refractivity contribution in [3.63, 3.8) is 0 Å². The van der Waals surface area contributed by atoms with Crippen LogP contribution in [0.4, 0.5) is 0 Å². The highest BCUT2D eigenvalue weighted by atomic mass is 31.2. The lowest BCUT2D eigenvalue weighted by Gasteiger charge is -2.58. The van der Waals surface area contributed by atoms with Gasteiger partial charge in [0, 0.05) is 12.8 Å². The summed E-state index contributed by atoms with van der Waals surface area (Å²) >= 11 is 0. The summed E-state index contributed by atoms with van der Waals surface area (Å²) in [6.45, 7) is 15.6. The number of allylic oxidation sites excluding steroid dienone is 3. The van der Waals surface area contributed by atoms with Crippen molar-refractivity contribution >= 4 is 13.8 Å². The van der Waals surface area contributed by atoms with Gasteiger partial charge in [-0.1, -0.05) is 71.8 Å². The normalized spacial score (nSPS) is 34.6. The van der Waals surface area contributed by atoms with Gasteiger partial charge in [0.15, 0.2) is 0 Å². The minimum Gasteiger partial charge on any atom is -0.462 e. The van der Waals surface area contributed by atoms with Gasteiger partial charge in [-0.15, -0.1) is 0 Å². The molecule has 276 valence electrons. The van der Waals surface area contributed by atoms with Crippen LogP contribution in [0, 0.1) is 52.3 Å². The van der Waals surface area contributed by atoms with Crippen LogP contribution in [0.25, 0.3) is 0 Å². The number of esters is 1. The number of phosphoric acid groups is 1. The van der Waals surface area contributed by atoms with Crippen LogP contribution in [-0.2, 0) is 23.1 Å². The van der Waals surface area contributed by atoms with Gasteiger partial charge in [0.05, 0.1) is 27.7 Å². The van der Waals surface area contributed by atoms with Gasteiger partial charge in [-0.2, -0.15) is 0 Å². The van der Waals surface area contributed by atoms with E-state index < -0.39 is 7.82 Å². The molecular weight excluding hydrogens is 621 g/mol. The molecule has 0 aliphatic heterocycles. The number of nitrogens with zero attached hydrogens (tertiary/aromatic N) is 1. The summed E-state index contributed by atoms with van der Waals surface area (Å²) in [6.07, 6.45) is 20.9. The van der Waals surface area contributed by atoms with Crippen LogP contribution < -0.4 is 0 Å². The Hall–Kier alpha value is -0.980. The fraction of sp³-hybridized carbons (Fsp3) is 0.875. The summed E-state index contributed by atoms with van der Waals surface area (Å²) in [7, 11) is 1.95. The van der Waals surface area contributed by atoms with E-state index in [1.165, 1.54) is 38.5 Å². The average Bonchev–Trinajstić information content (AvgIpc) is 3.35. The molecule has 1 N–H and O–H groups in total. The zero-order chi connectivity index (χ0) is 35.3. The highest BCUT2D eigenvalue weighted by Crippen LogP contribution is 2.67. The average molecular weight is 693 g/mol. The van der Waals surface area contributed by atoms with Gasteiger partial charge < -0.3 is 14.1 Å². The number of unbranched alkanes of at least 4 members (excludes halogenated alkanes) is 2. The molecule has 4 aliphatic rings. The van der Waals surface area contributed by atoms with Crippen LogP contribution in [0.1, 0.15) is 125 Å². The molecule has 0 heterocycles. The van der Waals surface area contributed by atoms with Gasteiger partial charge in [0.25, 0.3) is 0 Å². The summed E-state index contributed by atoms with van der Waals surface area (Å²) in [4.78, 5) is 22.6. The van der Waals surface area contributed by atoms with E-state index in [2.05, 4.69) is 59.8 Å². The Morgan fingerprint density at radius 1 is 1.00 bits per heavy atom. The van der Waals surface area contributed by atoms with Crippen LogP contribution >= 0.6 is 7.82 Å². The van der Waals surface area contributed by atoms with Crippen LogP contribution in [0.2, 0.25) is 0 Å². The highest BCUT2D eigenvalue weighted by Gasteiger charge is 2.59. The van der Waals surface area contributed by atoms with Crippen molar-refractivity contribution in [2.24, 2.45) is 52.3 Å². The Labute approximate surface area is 293 Å². The van der Waals surface area contributed by atoms with Crippen molar-refractivity contribution in [3.05, 3.63) is 23.8 Å². The Bertz CT molecular complexity index is 1180. The molecule has 10 atom stereocenters. The third kappa shape index (κ3) is 9.87. The van der Waals surface area contributed by atoms with Crippen molar-refractivity contribution in [2.45, 2.75) is 131 Å². The predicted octanol–water partition coefficient (Wildman–Crippen LogP) is 9.75. The minimum absolute atomic E-state index is 0.0176. The smallest absolute Gasteiger partial charge is 0.462 e. The van der Waals surface area contributed by atoms with E-state index in [1.54, 1.807) is 5.57 Å². The first-order chi connectivity index (χ1) is 22.5. The summed E-state index contributed by atoms with van der Waals surface area (Å²) in [5, 5.41) is 0. The number of hydrogen-bond donors (Lipinski definition) is 1. The van der Waals surface area contributed by atoms with Gasteiger partial charge in [-0.3, -0.25) is 13.8 Å². The first-order valence-electron chi connectivity index (χ1n) is 19.5. The largest absolute Gasteiger partial charge is 0.472 e.